The Kier molecular flexibility index (Phi) is 3.77. The lowest BCUT2D eigenvalue weighted by Gasteiger charge is -2.14. The van der Waals surface area contributed by atoms with Gasteiger partial charge in [0.2, 0.25) is 0 Å². The molecular formula is C13H16N2O2. The Morgan fingerprint density at radius 2 is 2.06 bits per heavy atom. The Hall–Kier alpha value is -1.81. The first kappa shape index (κ1) is 11.7. The van der Waals surface area contributed by atoms with E-state index in [2.05, 4.69) is 4.98 Å². The smallest absolute Gasteiger partial charge is 0.124 e. The first-order valence-corrected chi connectivity index (χ1v) is 5.51. The molecule has 0 saturated carbocycles. The SMILES string of the molecule is COc1ccc(C(C)OCn2ccnc2)cc1. The average Bonchev–Trinajstić information content (AvgIpc) is 2.89. The van der Waals surface area contributed by atoms with Crippen LogP contribution in [0.4, 0.5) is 0 Å². The molecule has 2 rings (SSSR count). The van der Waals surface area contributed by atoms with Crippen molar-refractivity contribution in [2.75, 3.05) is 7.11 Å². The number of aromatic nitrogens is 2. The molecule has 1 unspecified atom stereocenters. The molecule has 4 heteroatoms. The number of hydrogen-bond donors (Lipinski definition) is 0. The van der Waals surface area contributed by atoms with Gasteiger partial charge in [-0.3, -0.25) is 0 Å². The second-order valence-corrected chi connectivity index (χ2v) is 3.79. The van der Waals surface area contributed by atoms with Crippen molar-refractivity contribution in [3.63, 3.8) is 0 Å². The molecule has 0 aliphatic carbocycles. The molecule has 90 valence electrons. The maximum absolute atomic E-state index is 5.73. The van der Waals surface area contributed by atoms with E-state index in [1.54, 1.807) is 19.6 Å². The van der Waals surface area contributed by atoms with E-state index in [1.807, 2.05) is 42.0 Å². The molecule has 1 aromatic carbocycles. The molecule has 1 atom stereocenters. The van der Waals surface area contributed by atoms with Crippen molar-refractivity contribution in [2.24, 2.45) is 0 Å². The monoisotopic (exact) mass is 232 g/mol. The van der Waals surface area contributed by atoms with Gasteiger partial charge < -0.3 is 14.0 Å². The molecule has 4 nitrogen and oxygen atoms in total. The van der Waals surface area contributed by atoms with Crippen LogP contribution in [-0.4, -0.2) is 16.7 Å². The highest BCUT2D eigenvalue weighted by atomic mass is 16.5. The minimum absolute atomic E-state index is 0.0447. The summed E-state index contributed by atoms with van der Waals surface area (Å²) in [5, 5.41) is 0. The Balaban J connectivity index is 1.92. The number of imidazole rings is 1. The fourth-order valence-corrected chi connectivity index (χ4v) is 1.53. The first-order chi connectivity index (χ1) is 8.29. The molecule has 17 heavy (non-hydrogen) atoms. The topological polar surface area (TPSA) is 36.3 Å². The van der Waals surface area contributed by atoms with Crippen LogP contribution in [0.5, 0.6) is 5.75 Å². The summed E-state index contributed by atoms with van der Waals surface area (Å²) in [6, 6.07) is 7.90. The zero-order valence-electron chi connectivity index (χ0n) is 10.0. The highest BCUT2D eigenvalue weighted by molar-refractivity contribution is 5.28. The minimum Gasteiger partial charge on any atom is -0.497 e. The third kappa shape index (κ3) is 3.07. The van der Waals surface area contributed by atoms with Crippen LogP contribution in [0.15, 0.2) is 43.0 Å². The van der Waals surface area contributed by atoms with Gasteiger partial charge in [0.25, 0.3) is 0 Å². The minimum atomic E-state index is 0.0447. The number of methoxy groups -OCH3 is 1. The fourth-order valence-electron chi connectivity index (χ4n) is 1.53. The number of ether oxygens (including phenoxy) is 2. The average molecular weight is 232 g/mol. The Morgan fingerprint density at radius 1 is 1.29 bits per heavy atom. The van der Waals surface area contributed by atoms with Gasteiger partial charge in [0.1, 0.15) is 12.5 Å². The predicted molar refractivity (Wildman–Crippen MR) is 64.7 cm³/mol. The van der Waals surface area contributed by atoms with Gasteiger partial charge in [0.05, 0.1) is 19.5 Å². The summed E-state index contributed by atoms with van der Waals surface area (Å²) < 4.78 is 12.7. The number of rotatable bonds is 5. The highest BCUT2D eigenvalue weighted by Crippen LogP contribution is 2.20. The number of nitrogens with zero attached hydrogens (tertiary/aromatic N) is 2. The molecular weight excluding hydrogens is 216 g/mol. The van der Waals surface area contributed by atoms with E-state index in [4.69, 9.17) is 9.47 Å². The van der Waals surface area contributed by atoms with Gasteiger partial charge in [-0.1, -0.05) is 12.1 Å². The van der Waals surface area contributed by atoms with E-state index in [9.17, 15) is 0 Å². The molecule has 0 fully saturated rings. The lowest BCUT2D eigenvalue weighted by molar-refractivity contribution is 0.0166. The summed E-state index contributed by atoms with van der Waals surface area (Å²) in [6.07, 6.45) is 5.39. The van der Waals surface area contributed by atoms with E-state index in [-0.39, 0.29) is 6.10 Å². The van der Waals surface area contributed by atoms with E-state index in [0.29, 0.717) is 6.73 Å². The van der Waals surface area contributed by atoms with Crippen LogP contribution in [0, 0.1) is 0 Å². The standard InChI is InChI=1S/C13H16N2O2/c1-11(17-10-15-8-7-14-9-15)12-3-5-13(16-2)6-4-12/h3-9,11H,10H2,1-2H3. The second kappa shape index (κ2) is 5.50. The third-order valence-electron chi connectivity index (χ3n) is 2.62. The predicted octanol–water partition coefficient (Wildman–Crippen LogP) is 2.63. The normalized spacial score (nSPS) is 12.4. The Bertz CT molecular complexity index is 437. The molecule has 0 N–H and O–H groups in total. The summed E-state index contributed by atoms with van der Waals surface area (Å²) in [4.78, 5) is 3.96. The quantitative estimate of drug-likeness (QED) is 0.795. The summed E-state index contributed by atoms with van der Waals surface area (Å²) in [7, 11) is 1.66. The van der Waals surface area contributed by atoms with Gasteiger partial charge >= 0.3 is 0 Å². The van der Waals surface area contributed by atoms with Crippen molar-refractivity contribution in [3.05, 3.63) is 48.5 Å². The van der Waals surface area contributed by atoms with Gasteiger partial charge in [-0.25, -0.2) is 4.98 Å². The third-order valence-corrected chi connectivity index (χ3v) is 2.62. The summed E-state index contributed by atoms with van der Waals surface area (Å²) >= 11 is 0. The van der Waals surface area contributed by atoms with E-state index in [1.165, 1.54) is 0 Å². The van der Waals surface area contributed by atoms with Crippen LogP contribution in [-0.2, 0) is 11.5 Å². The van der Waals surface area contributed by atoms with Gasteiger partial charge in [0.15, 0.2) is 0 Å². The Labute approximate surface area is 101 Å². The van der Waals surface area contributed by atoms with Crippen LogP contribution >= 0.6 is 0 Å². The molecule has 2 aromatic rings. The lowest BCUT2D eigenvalue weighted by Crippen LogP contribution is -2.04. The molecule has 0 spiro atoms. The van der Waals surface area contributed by atoms with Crippen molar-refractivity contribution in [1.29, 1.82) is 0 Å². The van der Waals surface area contributed by atoms with Crippen LogP contribution < -0.4 is 4.74 Å². The Morgan fingerprint density at radius 3 is 2.65 bits per heavy atom. The van der Waals surface area contributed by atoms with Crippen LogP contribution in [0.2, 0.25) is 0 Å². The van der Waals surface area contributed by atoms with Gasteiger partial charge in [0, 0.05) is 12.4 Å². The summed E-state index contributed by atoms with van der Waals surface area (Å²) in [6.45, 7) is 2.53. The molecule has 0 bridgehead atoms. The highest BCUT2D eigenvalue weighted by Gasteiger charge is 2.05. The lowest BCUT2D eigenvalue weighted by atomic mass is 10.1. The first-order valence-electron chi connectivity index (χ1n) is 5.51. The summed E-state index contributed by atoms with van der Waals surface area (Å²) in [5.74, 6) is 0.857. The van der Waals surface area contributed by atoms with Crippen LogP contribution in [0.3, 0.4) is 0 Å². The van der Waals surface area contributed by atoms with Crippen LogP contribution in [0.1, 0.15) is 18.6 Å². The molecule has 1 heterocycles. The zero-order valence-corrected chi connectivity index (χ0v) is 10.0. The van der Waals surface area contributed by atoms with Crippen molar-refractivity contribution in [2.45, 2.75) is 19.8 Å². The van der Waals surface area contributed by atoms with E-state index in [0.717, 1.165) is 11.3 Å². The van der Waals surface area contributed by atoms with Crippen molar-refractivity contribution in [1.82, 2.24) is 9.55 Å². The maximum atomic E-state index is 5.73. The largest absolute Gasteiger partial charge is 0.497 e. The van der Waals surface area contributed by atoms with Crippen molar-refractivity contribution < 1.29 is 9.47 Å². The molecule has 0 amide bonds. The van der Waals surface area contributed by atoms with Gasteiger partial charge in [-0.05, 0) is 24.6 Å². The molecule has 0 aliphatic heterocycles. The van der Waals surface area contributed by atoms with Crippen molar-refractivity contribution >= 4 is 0 Å². The summed E-state index contributed by atoms with van der Waals surface area (Å²) in [5.41, 5.74) is 1.13. The number of benzene rings is 1. The van der Waals surface area contributed by atoms with E-state index >= 15 is 0 Å². The molecule has 0 aliphatic rings. The molecule has 0 saturated heterocycles. The van der Waals surface area contributed by atoms with Gasteiger partial charge in [-0.2, -0.15) is 0 Å². The fraction of sp³-hybridized carbons (Fsp3) is 0.308. The zero-order chi connectivity index (χ0) is 12.1. The number of hydrogen-bond acceptors (Lipinski definition) is 3. The molecule has 0 radical (unpaired) electrons. The maximum Gasteiger partial charge on any atom is 0.124 e. The molecule has 1 aromatic heterocycles. The van der Waals surface area contributed by atoms with Crippen LogP contribution in [0.25, 0.3) is 0 Å². The van der Waals surface area contributed by atoms with Gasteiger partial charge in [-0.15, -0.1) is 0 Å². The van der Waals surface area contributed by atoms with E-state index < -0.39 is 0 Å². The van der Waals surface area contributed by atoms with Crippen molar-refractivity contribution in [3.8, 4) is 5.75 Å². The second-order valence-electron chi connectivity index (χ2n) is 3.79.